The number of rotatable bonds is 4. The number of aryl methyl sites for hydroxylation is 1. The van der Waals surface area contributed by atoms with Crippen LogP contribution in [-0.2, 0) is 6.42 Å². The van der Waals surface area contributed by atoms with Crippen LogP contribution < -0.4 is 4.90 Å². The van der Waals surface area contributed by atoms with Crippen LogP contribution in [0.2, 0.25) is 0 Å². The summed E-state index contributed by atoms with van der Waals surface area (Å²) in [6.07, 6.45) is 6.62. The first-order valence-electron chi connectivity index (χ1n) is 8.36. The first-order valence-corrected chi connectivity index (χ1v) is 9.24. The molecule has 5 nitrogen and oxygen atoms in total. The number of aromatic nitrogens is 3. The van der Waals surface area contributed by atoms with Gasteiger partial charge in [-0.25, -0.2) is 9.97 Å². The Morgan fingerprint density at radius 1 is 1.12 bits per heavy atom. The second-order valence-corrected chi connectivity index (χ2v) is 7.13. The van der Waals surface area contributed by atoms with E-state index in [1.807, 2.05) is 12.4 Å². The number of hydrogen-bond acceptors (Lipinski definition) is 6. The Morgan fingerprint density at radius 2 is 2.00 bits per heavy atom. The van der Waals surface area contributed by atoms with Gasteiger partial charge in [-0.1, -0.05) is 0 Å². The summed E-state index contributed by atoms with van der Waals surface area (Å²) in [5, 5.41) is 2.09. The highest BCUT2D eigenvalue weighted by atomic mass is 32.1. The molecule has 0 N–H and O–H groups in total. The largest absolute Gasteiger partial charge is 0.353 e. The molecule has 0 aromatic carbocycles. The summed E-state index contributed by atoms with van der Waals surface area (Å²) in [6.45, 7) is 7.47. The van der Waals surface area contributed by atoms with Crippen LogP contribution in [0.5, 0.6) is 0 Å². The predicted molar refractivity (Wildman–Crippen MR) is 98.7 cm³/mol. The van der Waals surface area contributed by atoms with Crippen LogP contribution in [0.4, 0.5) is 5.82 Å². The monoisotopic (exact) mass is 339 g/mol. The van der Waals surface area contributed by atoms with Gasteiger partial charge in [0.2, 0.25) is 0 Å². The van der Waals surface area contributed by atoms with Gasteiger partial charge < -0.3 is 4.90 Å². The van der Waals surface area contributed by atoms with Gasteiger partial charge in [0.05, 0.1) is 10.2 Å². The fourth-order valence-electron chi connectivity index (χ4n) is 3.25. The quantitative estimate of drug-likeness (QED) is 0.731. The molecule has 0 radical (unpaired) electrons. The van der Waals surface area contributed by atoms with Gasteiger partial charge in [-0.2, -0.15) is 0 Å². The molecule has 1 fully saturated rings. The van der Waals surface area contributed by atoms with E-state index in [9.17, 15) is 0 Å². The fourth-order valence-corrected chi connectivity index (χ4v) is 4.11. The zero-order chi connectivity index (χ0) is 16.4. The minimum atomic E-state index is 1.03. The zero-order valence-corrected chi connectivity index (χ0v) is 14.7. The van der Waals surface area contributed by atoms with Gasteiger partial charge >= 0.3 is 0 Å². The van der Waals surface area contributed by atoms with Gasteiger partial charge in [-0.3, -0.25) is 9.88 Å². The fraction of sp³-hybridized carbons (Fsp3) is 0.389. The van der Waals surface area contributed by atoms with Crippen LogP contribution in [0.25, 0.3) is 10.2 Å². The van der Waals surface area contributed by atoms with E-state index in [0.717, 1.165) is 50.5 Å². The minimum absolute atomic E-state index is 1.03. The maximum atomic E-state index is 4.53. The first kappa shape index (κ1) is 15.5. The normalized spacial score (nSPS) is 16.0. The average Bonchev–Trinajstić information content (AvgIpc) is 3.10. The number of nitrogens with zero attached hydrogens (tertiary/aromatic N) is 5. The third-order valence-electron chi connectivity index (χ3n) is 4.73. The molecule has 1 aliphatic rings. The molecule has 0 atom stereocenters. The smallest absolute Gasteiger partial charge is 0.150 e. The van der Waals surface area contributed by atoms with E-state index in [1.54, 1.807) is 17.7 Å². The van der Waals surface area contributed by atoms with Gasteiger partial charge in [-0.05, 0) is 42.0 Å². The maximum Gasteiger partial charge on any atom is 0.150 e. The lowest BCUT2D eigenvalue weighted by molar-refractivity contribution is 0.260. The molecule has 124 valence electrons. The van der Waals surface area contributed by atoms with Crippen LogP contribution >= 0.6 is 11.3 Å². The lowest BCUT2D eigenvalue weighted by Crippen LogP contribution is -2.47. The van der Waals surface area contributed by atoms with E-state index >= 15 is 0 Å². The maximum absolute atomic E-state index is 4.53. The van der Waals surface area contributed by atoms with Crippen molar-refractivity contribution in [1.29, 1.82) is 0 Å². The Hall–Kier alpha value is -2.05. The third-order valence-corrected chi connectivity index (χ3v) is 5.63. The average molecular weight is 339 g/mol. The van der Waals surface area contributed by atoms with E-state index < -0.39 is 0 Å². The number of pyridine rings is 1. The van der Waals surface area contributed by atoms with Gasteiger partial charge in [0.1, 0.15) is 12.1 Å². The molecule has 3 aromatic rings. The SMILES string of the molecule is Cc1cnccc1CCN1CCN(c2ncnc3ccsc23)CC1. The molecule has 0 aliphatic carbocycles. The number of anilines is 1. The molecule has 4 heterocycles. The Kier molecular flexibility index (Phi) is 4.40. The molecule has 0 unspecified atom stereocenters. The number of hydrogen-bond donors (Lipinski definition) is 0. The molecule has 0 spiro atoms. The topological polar surface area (TPSA) is 45.2 Å². The third kappa shape index (κ3) is 3.12. The highest BCUT2D eigenvalue weighted by molar-refractivity contribution is 7.17. The number of fused-ring (bicyclic) bond motifs is 1. The second kappa shape index (κ2) is 6.83. The first-order chi connectivity index (χ1) is 11.8. The summed E-state index contributed by atoms with van der Waals surface area (Å²) in [5.74, 6) is 1.10. The Bertz CT molecular complexity index is 823. The van der Waals surface area contributed by atoms with Gasteiger partial charge in [-0.15, -0.1) is 11.3 Å². The van der Waals surface area contributed by atoms with Gasteiger partial charge in [0, 0.05) is 45.1 Å². The van der Waals surface area contributed by atoms with E-state index in [2.05, 4.69) is 49.2 Å². The summed E-state index contributed by atoms with van der Waals surface area (Å²) in [6, 6.07) is 4.21. The van der Waals surface area contributed by atoms with Gasteiger partial charge in [0.25, 0.3) is 0 Å². The summed E-state index contributed by atoms with van der Waals surface area (Å²) >= 11 is 1.73. The molecule has 1 saturated heterocycles. The second-order valence-electron chi connectivity index (χ2n) is 6.21. The number of thiophene rings is 1. The van der Waals surface area contributed by atoms with Gasteiger partial charge in [0.15, 0.2) is 0 Å². The molecular formula is C18H21N5S. The van der Waals surface area contributed by atoms with Crippen molar-refractivity contribution >= 4 is 27.4 Å². The molecule has 24 heavy (non-hydrogen) atoms. The molecule has 4 rings (SSSR count). The summed E-state index contributed by atoms with van der Waals surface area (Å²) in [5.41, 5.74) is 3.75. The molecule has 1 aliphatic heterocycles. The van der Waals surface area contributed by atoms with Crippen molar-refractivity contribution in [3.63, 3.8) is 0 Å². The van der Waals surface area contributed by atoms with E-state index in [4.69, 9.17) is 0 Å². The summed E-state index contributed by atoms with van der Waals surface area (Å²) < 4.78 is 1.21. The van der Waals surface area contributed by atoms with E-state index in [0.29, 0.717) is 0 Å². The Labute approximate surface area is 146 Å². The van der Waals surface area contributed by atoms with Crippen LogP contribution in [-0.4, -0.2) is 52.6 Å². The highest BCUT2D eigenvalue weighted by Crippen LogP contribution is 2.28. The van der Waals surface area contributed by atoms with Crippen molar-refractivity contribution in [2.45, 2.75) is 13.3 Å². The molecular weight excluding hydrogens is 318 g/mol. The predicted octanol–water partition coefficient (Wildman–Crippen LogP) is 2.76. The van der Waals surface area contributed by atoms with Crippen molar-refractivity contribution in [2.75, 3.05) is 37.6 Å². The van der Waals surface area contributed by atoms with Crippen LogP contribution in [0.3, 0.4) is 0 Å². The lowest BCUT2D eigenvalue weighted by atomic mass is 10.1. The zero-order valence-electron chi connectivity index (χ0n) is 13.9. The van der Waals surface area contributed by atoms with Crippen molar-refractivity contribution in [3.05, 3.63) is 47.4 Å². The summed E-state index contributed by atoms with van der Waals surface area (Å²) in [4.78, 5) is 18.0. The van der Waals surface area contributed by atoms with Crippen molar-refractivity contribution in [2.24, 2.45) is 0 Å². The molecule has 0 bridgehead atoms. The molecule has 0 amide bonds. The van der Waals surface area contributed by atoms with Crippen LogP contribution in [0.1, 0.15) is 11.1 Å². The van der Waals surface area contributed by atoms with Crippen molar-refractivity contribution in [3.8, 4) is 0 Å². The van der Waals surface area contributed by atoms with Crippen molar-refractivity contribution in [1.82, 2.24) is 19.9 Å². The standard InChI is InChI=1S/C18H21N5S/c1-14-12-19-5-2-15(14)3-6-22-7-9-23(10-8-22)18-17-16(4-11-24-17)20-13-21-18/h2,4-5,11-13H,3,6-10H2,1H3. The molecule has 3 aromatic heterocycles. The molecule has 0 saturated carbocycles. The van der Waals surface area contributed by atoms with Crippen molar-refractivity contribution < 1.29 is 0 Å². The minimum Gasteiger partial charge on any atom is -0.353 e. The lowest BCUT2D eigenvalue weighted by Gasteiger charge is -2.35. The Balaban J connectivity index is 1.37. The number of piperazine rings is 1. The molecule has 6 heteroatoms. The van der Waals surface area contributed by atoms with E-state index in [1.165, 1.54) is 15.8 Å². The van der Waals surface area contributed by atoms with Crippen LogP contribution in [0.15, 0.2) is 36.2 Å². The summed E-state index contributed by atoms with van der Waals surface area (Å²) in [7, 11) is 0. The highest BCUT2D eigenvalue weighted by Gasteiger charge is 2.20. The Morgan fingerprint density at radius 3 is 2.83 bits per heavy atom. The van der Waals surface area contributed by atoms with Crippen LogP contribution in [0, 0.1) is 6.92 Å². The van der Waals surface area contributed by atoms with E-state index in [-0.39, 0.29) is 0 Å².